The second-order valence-electron chi connectivity index (χ2n) is 7.99. The number of unbranched alkanes of at least 4 members (excludes halogenated alkanes) is 2. The highest BCUT2D eigenvalue weighted by Gasteiger charge is 2.29. The van der Waals surface area contributed by atoms with Crippen LogP contribution in [0.25, 0.3) is 0 Å². The molecule has 0 saturated heterocycles. The zero-order chi connectivity index (χ0) is 23.8. The SMILES string of the molecule is CC/C=C\C/C=C\C/C=C\C/C=C\C/C=C\C/C=C\CCCCSC(C)(C)C(=O)OCC. The predicted octanol–water partition coefficient (Wildman–Crippen LogP) is 8.93. The number of thioether (sulfide) groups is 1. The molecule has 0 radical (unpaired) electrons. The van der Waals surface area contributed by atoms with Crippen LogP contribution in [0.3, 0.4) is 0 Å². The summed E-state index contributed by atoms with van der Waals surface area (Å²) in [5.41, 5.74) is 0. The Morgan fingerprint density at radius 3 is 1.56 bits per heavy atom. The quantitative estimate of drug-likeness (QED) is 0.110. The lowest BCUT2D eigenvalue weighted by atomic mass is 10.2. The van der Waals surface area contributed by atoms with Crippen LogP contribution in [-0.2, 0) is 9.53 Å². The fourth-order valence-corrected chi connectivity index (χ4v) is 3.73. The molecule has 0 aromatic heterocycles. The molecule has 0 N–H and O–H groups in total. The Labute approximate surface area is 202 Å². The summed E-state index contributed by atoms with van der Waals surface area (Å²) in [6.45, 7) is 8.35. The van der Waals surface area contributed by atoms with E-state index in [9.17, 15) is 4.79 Å². The van der Waals surface area contributed by atoms with Crippen LogP contribution in [0.5, 0.6) is 0 Å². The van der Waals surface area contributed by atoms with E-state index in [1.165, 1.54) is 0 Å². The molecule has 2 nitrogen and oxygen atoms in total. The van der Waals surface area contributed by atoms with Crippen LogP contribution in [0, 0.1) is 0 Å². The second-order valence-corrected chi connectivity index (χ2v) is 9.71. The van der Waals surface area contributed by atoms with Crippen molar-refractivity contribution in [1.82, 2.24) is 0 Å². The Morgan fingerprint density at radius 1 is 0.688 bits per heavy atom. The topological polar surface area (TPSA) is 26.3 Å². The van der Waals surface area contributed by atoms with E-state index in [1.807, 2.05) is 20.8 Å². The van der Waals surface area contributed by atoms with Gasteiger partial charge in [0.2, 0.25) is 0 Å². The largest absolute Gasteiger partial charge is 0.465 e. The molecule has 0 rings (SSSR count). The number of hydrogen-bond acceptors (Lipinski definition) is 3. The maximum Gasteiger partial charge on any atom is 0.321 e. The molecule has 0 fully saturated rings. The van der Waals surface area contributed by atoms with Gasteiger partial charge in [0.15, 0.2) is 0 Å². The lowest BCUT2D eigenvalue weighted by Gasteiger charge is -2.21. The lowest BCUT2D eigenvalue weighted by molar-refractivity contribution is -0.145. The molecule has 0 aliphatic heterocycles. The zero-order valence-corrected chi connectivity index (χ0v) is 21.7. The smallest absolute Gasteiger partial charge is 0.321 e. The van der Waals surface area contributed by atoms with Gasteiger partial charge in [-0.05, 0) is 84.3 Å². The first-order valence-corrected chi connectivity index (χ1v) is 13.2. The molecule has 0 unspecified atom stereocenters. The van der Waals surface area contributed by atoms with Crippen molar-refractivity contribution in [2.45, 2.75) is 90.2 Å². The van der Waals surface area contributed by atoms with E-state index in [-0.39, 0.29) is 5.97 Å². The summed E-state index contributed by atoms with van der Waals surface area (Å²) in [7, 11) is 0. The molecular weight excluding hydrogens is 412 g/mol. The van der Waals surface area contributed by atoms with Gasteiger partial charge in [0.25, 0.3) is 0 Å². The molecule has 0 amide bonds. The summed E-state index contributed by atoms with van der Waals surface area (Å²) in [6, 6.07) is 0. The van der Waals surface area contributed by atoms with E-state index in [2.05, 4.69) is 79.8 Å². The average molecular weight is 459 g/mol. The second kappa shape index (κ2) is 22.5. The number of hydrogen-bond donors (Lipinski definition) is 0. The van der Waals surface area contributed by atoms with Gasteiger partial charge in [0.05, 0.1) is 6.61 Å². The van der Waals surface area contributed by atoms with E-state index in [0.717, 1.165) is 63.5 Å². The third-order valence-corrected chi connectivity index (χ3v) is 5.97. The molecular formula is C29H46O2S. The molecule has 0 aromatic carbocycles. The molecule has 0 aliphatic carbocycles. The van der Waals surface area contributed by atoms with Crippen LogP contribution in [0.4, 0.5) is 0 Å². The molecule has 0 atom stereocenters. The monoisotopic (exact) mass is 458 g/mol. The van der Waals surface area contributed by atoms with E-state index in [4.69, 9.17) is 4.74 Å². The van der Waals surface area contributed by atoms with Gasteiger partial charge in [0.1, 0.15) is 4.75 Å². The highest BCUT2D eigenvalue weighted by molar-refractivity contribution is 8.01. The number of carbonyl (C=O) groups is 1. The van der Waals surface area contributed by atoms with Gasteiger partial charge >= 0.3 is 5.97 Å². The fraction of sp³-hybridized carbons (Fsp3) is 0.552. The zero-order valence-electron chi connectivity index (χ0n) is 20.9. The van der Waals surface area contributed by atoms with Gasteiger partial charge < -0.3 is 4.74 Å². The van der Waals surface area contributed by atoms with Gasteiger partial charge in [-0.3, -0.25) is 4.79 Å². The van der Waals surface area contributed by atoms with Crippen LogP contribution in [-0.4, -0.2) is 23.1 Å². The van der Waals surface area contributed by atoms with Gasteiger partial charge in [0, 0.05) is 0 Å². The summed E-state index contributed by atoms with van der Waals surface area (Å²) in [5, 5.41) is 0. The standard InChI is InChI=1S/C29H46O2S/c1-5-7-8-9-10-11-12-13-14-15-16-17-18-19-20-21-22-23-24-25-26-27-32-29(3,4)28(30)31-6-2/h7-8,10-11,13-14,16-17,19-20,22-23H,5-6,9,12,15,18,21,24-27H2,1-4H3/b8-7-,11-10-,14-13-,17-16-,20-19-,23-22-. The normalized spacial score (nSPS) is 13.2. The molecule has 0 saturated carbocycles. The Hall–Kier alpha value is -1.74. The molecule has 0 heterocycles. The molecule has 32 heavy (non-hydrogen) atoms. The predicted molar refractivity (Wildman–Crippen MR) is 145 cm³/mol. The number of allylic oxidation sites excluding steroid dienone is 12. The molecule has 0 aromatic rings. The lowest BCUT2D eigenvalue weighted by Crippen LogP contribution is -2.30. The number of esters is 1. The summed E-state index contributed by atoms with van der Waals surface area (Å²) in [4.78, 5) is 11.8. The summed E-state index contributed by atoms with van der Waals surface area (Å²) in [6.07, 6.45) is 36.3. The van der Waals surface area contributed by atoms with Crippen LogP contribution >= 0.6 is 11.8 Å². The molecule has 0 spiro atoms. The average Bonchev–Trinajstić information content (AvgIpc) is 2.77. The Morgan fingerprint density at radius 2 is 1.12 bits per heavy atom. The van der Waals surface area contributed by atoms with E-state index in [1.54, 1.807) is 11.8 Å². The van der Waals surface area contributed by atoms with Crippen LogP contribution in [0.1, 0.15) is 85.5 Å². The molecule has 0 aliphatic rings. The summed E-state index contributed by atoms with van der Waals surface area (Å²) in [5.74, 6) is 0.885. The highest BCUT2D eigenvalue weighted by atomic mass is 32.2. The van der Waals surface area contributed by atoms with Crippen molar-refractivity contribution in [3.8, 4) is 0 Å². The van der Waals surface area contributed by atoms with E-state index in [0.29, 0.717) is 6.61 Å². The van der Waals surface area contributed by atoms with Crippen molar-refractivity contribution in [2.24, 2.45) is 0 Å². The molecule has 3 heteroatoms. The maximum atomic E-state index is 11.8. The Kier molecular flexibility index (Phi) is 21.2. The van der Waals surface area contributed by atoms with Gasteiger partial charge in [-0.15, -0.1) is 11.8 Å². The molecule has 180 valence electrons. The van der Waals surface area contributed by atoms with E-state index >= 15 is 0 Å². The van der Waals surface area contributed by atoms with Crippen molar-refractivity contribution in [3.05, 3.63) is 72.9 Å². The first-order valence-electron chi connectivity index (χ1n) is 12.3. The number of rotatable bonds is 19. The van der Waals surface area contributed by atoms with Gasteiger partial charge in [-0.2, -0.15) is 0 Å². The van der Waals surface area contributed by atoms with Crippen molar-refractivity contribution < 1.29 is 9.53 Å². The van der Waals surface area contributed by atoms with Crippen LogP contribution in [0.2, 0.25) is 0 Å². The third-order valence-electron chi connectivity index (χ3n) is 4.59. The maximum absolute atomic E-state index is 11.8. The van der Waals surface area contributed by atoms with Crippen LogP contribution < -0.4 is 0 Å². The minimum absolute atomic E-state index is 0.109. The van der Waals surface area contributed by atoms with Crippen molar-refractivity contribution >= 4 is 17.7 Å². The van der Waals surface area contributed by atoms with Crippen LogP contribution in [0.15, 0.2) is 72.9 Å². The Bertz CT molecular complexity index is 621. The Balaban J connectivity index is 3.62. The summed E-state index contributed by atoms with van der Waals surface area (Å²) >= 11 is 1.69. The first-order chi connectivity index (χ1) is 15.5. The highest BCUT2D eigenvalue weighted by Crippen LogP contribution is 2.27. The van der Waals surface area contributed by atoms with Crippen molar-refractivity contribution in [3.63, 3.8) is 0 Å². The molecule has 0 bridgehead atoms. The first kappa shape index (κ1) is 30.3. The van der Waals surface area contributed by atoms with Gasteiger partial charge in [-0.25, -0.2) is 0 Å². The van der Waals surface area contributed by atoms with Crippen molar-refractivity contribution in [2.75, 3.05) is 12.4 Å². The minimum Gasteiger partial charge on any atom is -0.465 e. The fourth-order valence-electron chi connectivity index (χ4n) is 2.70. The number of carbonyl (C=O) groups excluding carboxylic acids is 1. The van der Waals surface area contributed by atoms with Gasteiger partial charge in [-0.1, -0.05) is 79.8 Å². The number of ether oxygens (including phenoxy) is 1. The third kappa shape index (κ3) is 20.2. The summed E-state index contributed by atoms with van der Waals surface area (Å²) < 4.78 is 4.68. The minimum atomic E-state index is -0.440. The van der Waals surface area contributed by atoms with Crippen molar-refractivity contribution in [1.29, 1.82) is 0 Å². The van der Waals surface area contributed by atoms with E-state index < -0.39 is 4.75 Å².